The number of pyridine rings is 2. The molecule has 0 saturated heterocycles. The van der Waals surface area contributed by atoms with Crippen LogP contribution in [-0.4, -0.2) is 29.5 Å². The van der Waals surface area contributed by atoms with Crippen molar-refractivity contribution in [2.45, 2.75) is 38.4 Å². The molecule has 0 fully saturated rings. The molecule has 0 saturated carbocycles. The summed E-state index contributed by atoms with van der Waals surface area (Å²) in [6, 6.07) is 9.94. The van der Waals surface area contributed by atoms with Gasteiger partial charge in [0.05, 0.1) is 0 Å². The molecule has 1 aromatic carbocycles. The van der Waals surface area contributed by atoms with E-state index in [1.54, 1.807) is 25.3 Å². The molecule has 0 radical (unpaired) electrons. The molecular weight excluding hydrogens is 448 g/mol. The fourth-order valence-corrected chi connectivity index (χ4v) is 3.72. The van der Waals surface area contributed by atoms with Crippen LogP contribution in [0.15, 0.2) is 54.9 Å². The number of alkyl halides is 3. The molecule has 180 valence electrons. The number of aryl methyl sites for hydroxylation is 2. The summed E-state index contributed by atoms with van der Waals surface area (Å²) in [7, 11) is 1.54. The minimum Gasteiger partial charge on any atom is -0.358 e. The van der Waals surface area contributed by atoms with Crippen LogP contribution in [0.3, 0.4) is 0 Å². The topological polar surface area (TPSA) is 66.9 Å². The molecule has 2 atom stereocenters. The van der Waals surface area contributed by atoms with Crippen molar-refractivity contribution in [1.29, 1.82) is 0 Å². The number of likely N-dealkylation sites (N-methyl/N-ethyl adjacent to an activating group) is 1. The van der Waals surface area contributed by atoms with Gasteiger partial charge >= 0.3 is 6.18 Å². The maximum absolute atomic E-state index is 13.9. The molecule has 9 heteroatoms. The smallest absolute Gasteiger partial charge is 0.358 e. The zero-order valence-electron chi connectivity index (χ0n) is 19.1. The van der Waals surface area contributed by atoms with Gasteiger partial charge in [0.25, 0.3) is 0 Å². The number of carbonyl (C=O) groups is 1. The van der Waals surface area contributed by atoms with E-state index in [1.807, 2.05) is 19.1 Å². The van der Waals surface area contributed by atoms with Crippen molar-refractivity contribution in [2.24, 2.45) is 0 Å². The van der Waals surface area contributed by atoms with E-state index in [2.05, 4.69) is 20.6 Å². The van der Waals surface area contributed by atoms with E-state index in [-0.39, 0.29) is 17.6 Å². The molecule has 3 aromatic rings. The summed E-state index contributed by atoms with van der Waals surface area (Å²) in [4.78, 5) is 20.3. The summed E-state index contributed by atoms with van der Waals surface area (Å²) >= 11 is 0. The third-order valence-corrected chi connectivity index (χ3v) is 5.62. The normalized spacial score (nSPS) is 13.4. The van der Waals surface area contributed by atoms with Crippen LogP contribution < -0.4 is 10.6 Å². The SMILES string of the molecule is CNC(=O)[C@@H](NCC[C@@H](c1ccc(C(F)(F)F)nc1)c1ccc(F)c(C)c1)c1ccc(C)nc1. The van der Waals surface area contributed by atoms with E-state index < -0.39 is 17.9 Å². The molecule has 3 rings (SSSR count). The van der Waals surface area contributed by atoms with E-state index >= 15 is 0 Å². The van der Waals surface area contributed by atoms with Gasteiger partial charge in [-0.2, -0.15) is 13.2 Å². The lowest BCUT2D eigenvalue weighted by molar-refractivity contribution is -0.141. The Hall–Kier alpha value is -3.33. The van der Waals surface area contributed by atoms with Crippen molar-refractivity contribution < 1.29 is 22.4 Å². The van der Waals surface area contributed by atoms with E-state index in [9.17, 15) is 22.4 Å². The molecule has 34 heavy (non-hydrogen) atoms. The highest BCUT2D eigenvalue weighted by atomic mass is 19.4. The van der Waals surface area contributed by atoms with Crippen LogP contribution in [0.25, 0.3) is 0 Å². The average Bonchev–Trinajstić information content (AvgIpc) is 2.81. The molecular formula is C25H26F4N4O. The van der Waals surface area contributed by atoms with Crippen LogP contribution in [0.5, 0.6) is 0 Å². The third kappa shape index (κ3) is 6.17. The first-order chi connectivity index (χ1) is 16.1. The molecule has 0 unspecified atom stereocenters. The number of halogens is 4. The Morgan fingerprint density at radius 1 is 0.971 bits per heavy atom. The summed E-state index contributed by atoms with van der Waals surface area (Å²) in [5.74, 6) is -0.961. The van der Waals surface area contributed by atoms with E-state index in [0.29, 0.717) is 29.7 Å². The zero-order chi connectivity index (χ0) is 24.9. The first kappa shape index (κ1) is 25.3. The zero-order valence-corrected chi connectivity index (χ0v) is 19.1. The van der Waals surface area contributed by atoms with E-state index in [0.717, 1.165) is 17.3 Å². The van der Waals surface area contributed by atoms with Gasteiger partial charge < -0.3 is 10.6 Å². The lowest BCUT2D eigenvalue weighted by atomic mass is 9.88. The Kier molecular flexibility index (Phi) is 7.98. The minimum atomic E-state index is -4.54. The Morgan fingerprint density at radius 3 is 2.21 bits per heavy atom. The second kappa shape index (κ2) is 10.7. The Morgan fingerprint density at radius 2 is 1.65 bits per heavy atom. The van der Waals surface area contributed by atoms with Crippen LogP contribution in [0.4, 0.5) is 17.6 Å². The fraction of sp³-hybridized carbons (Fsp3) is 0.320. The Labute approximate surface area is 195 Å². The third-order valence-electron chi connectivity index (χ3n) is 5.62. The highest BCUT2D eigenvalue weighted by molar-refractivity contribution is 5.82. The number of hydrogen-bond acceptors (Lipinski definition) is 4. The molecule has 5 nitrogen and oxygen atoms in total. The summed E-state index contributed by atoms with van der Waals surface area (Å²) in [5.41, 5.74) is 2.28. The number of nitrogens with one attached hydrogen (secondary N) is 2. The lowest BCUT2D eigenvalue weighted by Gasteiger charge is -2.22. The van der Waals surface area contributed by atoms with Gasteiger partial charge in [-0.25, -0.2) is 4.39 Å². The molecule has 0 spiro atoms. The van der Waals surface area contributed by atoms with Gasteiger partial charge in [0.1, 0.15) is 17.6 Å². The first-order valence-corrected chi connectivity index (χ1v) is 10.8. The minimum absolute atomic E-state index is 0.240. The van der Waals surface area contributed by atoms with Crippen molar-refractivity contribution >= 4 is 5.91 Å². The molecule has 0 aliphatic rings. The van der Waals surface area contributed by atoms with Gasteiger partial charge in [-0.15, -0.1) is 0 Å². The van der Waals surface area contributed by atoms with Gasteiger partial charge in [-0.05, 0) is 67.3 Å². The maximum Gasteiger partial charge on any atom is 0.433 e. The number of carbonyl (C=O) groups excluding carboxylic acids is 1. The molecule has 2 heterocycles. The highest BCUT2D eigenvalue weighted by Gasteiger charge is 2.32. The number of aromatic nitrogens is 2. The Balaban J connectivity index is 1.85. The average molecular weight is 475 g/mol. The second-order valence-corrected chi connectivity index (χ2v) is 8.06. The summed E-state index contributed by atoms with van der Waals surface area (Å²) < 4.78 is 52.8. The molecule has 0 aliphatic heterocycles. The molecule has 2 N–H and O–H groups in total. The van der Waals surface area contributed by atoms with Crippen LogP contribution in [0, 0.1) is 19.7 Å². The largest absolute Gasteiger partial charge is 0.433 e. The predicted octanol–water partition coefficient (Wildman–Crippen LogP) is 4.85. The monoisotopic (exact) mass is 474 g/mol. The van der Waals surface area contributed by atoms with Crippen molar-refractivity contribution in [3.63, 3.8) is 0 Å². The van der Waals surface area contributed by atoms with Gasteiger partial charge in [0.2, 0.25) is 5.91 Å². The Bertz CT molecular complexity index is 1120. The number of amides is 1. The van der Waals surface area contributed by atoms with E-state index in [4.69, 9.17) is 0 Å². The molecule has 1 amide bonds. The number of nitrogens with zero attached hydrogens (tertiary/aromatic N) is 2. The predicted molar refractivity (Wildman–Crippen MR) is 121 cm³/mol. The lowest BCUT2D eigenvalue weighted by Crippen LogP contribution is -2.36. The van der Waals surface area contributed by atoms with Crippen LogP contribution in [-0.2, 0) is 11.0 Å². The van der Waals surface area contributed by atoms with Crippen molar-refractivity contribution in [2.75, 3.05) is 13.6 Å². The van der Waals surface area contributed by atoms with Crippen LogP contribution >= 0.6 is 0 Å². The fourth-order valence-electron chi connectivity index (χ4n) is 3.72. The van der Waals surface area contributed by atoms with Gasteiger partial charge in [-0.3, -0.25) is 14.8 Å². The number of benzene rings is 1. The highest BCUT2D eigenvalue weighted by Crippen LogP contribution is 2.32. The van der Waals surface area contributed by atoms with Crippen molar-refractivity contribution in [3.05, 3.63) is 94.3 Å². The van der Waals surface area contributed by atoms with E-state index in [1.165, 1.54) is 25.4 Å². The summed E-state index contributed by atoms with van der Waals surface area (Å²) in [6.07, 6.45) is -1.27. The quantitative estimate of drug-likeness (QED) is 0.458. The first-order valence-electron chi connectivity index (χ1n) is 10.8. The van der Waals surface area contributed by atoms with Gasteiger partial charge in [0, 0.05) is 31.1 Å². The van der Waals surface area contributed by atoms with Crippen molar-refractivity contribution in [3.8, 4) is 0 Å². The summed E-state index contributed by atoms with van der Waals surface area (Å²) in [5, 5.41) is 5.84. The summed E-state index contributed by atoms with van der Waals surface area (Å²) in [6.45, 7) is 3.83. The van der Waals surface area contributed by atoms with Crippen molar-refractivity contribution in [1.82, 2.24) is 20.6 Å². The number of hydrogen-bond donors (Lipinski definition) is 2. The second-order valence-electron chi connectivity index (χ2n) is 8.06. The number of rotatable bonds is 8. The standard InChI is InChI=1S/C25H26F4N4O/c1-15-12-17(6-8-21(15)26)20(18-7-9-22(33-13-18)25(27,28)29)10-11-31-23(24(34)30-3)19-5-4-16(2)32-14-19/h4-9,12-14,20,23,31H,10-11H2,1-3H3,(H,30,34)/t20-,23+/m1/s1. The maximum atomic E-state index is 13.9. The molecule has 0 bridgehead atoms. The van der Waals surface area contributed by atoms with Crippen LogP contribution in [0.1, 0.15) is 52.0 Å². The van der Waals surface area contributed by atoms with Crippen LogP contribution in [0.2, 0.25) is 0 Å². The molecule has 0 aliphatic carbocycles. The van der Waals surface area contributed by atoms with Gasteiger partial charge in [-0.1, -0.05) is 24.3 Å². The molecule has 2 aromatic heterocycles. The van der Waals surface area contributed by atoms with Gasteiger partial charge in [0.15, 0.2) is 0 Å².